The summed E-state index contributed by atoms with van der Waals surface area (Å²) in [6.07, 6.45) is 2.43. The Bertz CT molecular complexity index is 1210. The van der Waals surface area contributed by atoms with Crippen LogP contribution in [0.4, 0.5) is 11.4 Å². The number of carbonyl (C=O) groups excluding carboxylic acids is 2. The smallest absolute Gasteiger partial charge is 0.286 e. The molecule has 10 nitrogen and oxygen atoms in total. The number of hydrogen-bond acceptors (Lipinski definition) is 8. The Balaban J connectivity index is 2.61. The summed E-state index contributed by atoms with van der Waals surface area (Å²) >= 11 is 0. The molecule has 0 spiro atoms. The summed E-state index contributed by atoms with van der Waals surface area (Å²) in [6, 6.07) is 9.62. The van der Waals surface area contributed by atoms with Gasteiger partial charge in [0, 0.05) is 5.92 Å². The number of nitrogens with zero attached hydrogens (tertiary/aromatic N) is 2. The Labute approximate surface area is 166 Å². The Hall–Kier alpha value is -2.98. The molecule has 0 amide bonds. The number of benzene rings is 2. The standard InChI is InChI=1S/C17H14N2O8S2/c20-10-18-14-4-1-12(2-5-14)15(7-8-28(22,23)24)13-3-6-16(19-11-21)17(9-13)29(25,26)27/h1-6,9,15H,7-8H2,(H,22,23,24)(H,25,26,27). The molecule has 0 aliphatic carbocycles. The third-order valence-electron chi connectivity index (χ3n) is 3.96. The topological polar surface area (TPSA) is 168 Å². The fourth-order valence-corrected chi connectivity index (χ4v) is 3.92. The van der Waals surface area contributed by atoms with Gasteiger partial charge in [-0.15, -0.1) is 0 Å². The van der Waals surface area contributed by atoms with Crippen molar-refractivity contribution >= 4 is 43.8 Å². The van der Waals surface area contributed by atoms with Crippen LogP contribution in [0.1, 0.15) is 23.5 Å². The molecule has 0 radical (unpaired) electrons. The summed E-state index contributed by atoms with van der Waals surface area (Å²) in [4.78, 5) is 26.9. The summed E-state index contributed by atoms with van der Waals surface area (Å²) in [5, 5.41) is 0. The number of aliphatic imine (C=N–C) groups is 2. The highest BCUT2D eigenvalue weighted by molar-refractivity contribution is 7.86. The first-order valence-corrected chi connectivity index (χ1v) is 10.9. The van der Waals surface area contributed by atoms with Crippen LogP contribution in [0.3, 0.4) is 0 Å². The fourth-order valence-electron chi connectivity index (χ4n) is 2.72. The molecule has 2 N–H and O–H groups in total. The van der Waals surface area contributed by atoms with Crippen molar-refractivity contribution in [1.29, 1.82) is 0 Å². The van der Waals surface area contributed by atoms with Gasteiger partial charge in [-0.3, -0.25) is 9.11 Å². The molecule has 0 bridgehead atoms. The van der Waals surface area contributed by atoms with Gasteiger partial charge in [0.2, 0.25) is 12.2 Å². The molecule has 0 aliphatic heterocycles. The van der Waals surface area contributed by atoms with E-state index in [-0.39, 0.29) is 17.7 Å². The van der Waals surface area contributed by atoms with E-state index < -0.39 is 36.8 Å². The molecule has 2 rings (SSSR count). The molecular weight excluding hydrogens is 424 g/mol. The van der Waals surface area contributed by atoms with Crippen LogP contribution >= 0.6 is 0 Å². The average Bonchev–Trinajstić information content (AvgIpc) is 2.63. The van der Waals surface area contributed by atoms with Crippen LogP contribution < -0.4 is 0 Å². The van der Waals surface area contributed by atoms with Gasteiger partial charge in [0.15, 0.2) is 0 Å². The molecular formula is C17H14N2O8S2. The SMILES string of the molecule is O=C=Nc1ccc(C(CCS(=O)(=O)O)c2ccc(N=C=O)c(S(=O)(=O)O)c2)cc1. The van der Waals surface area contributed by atoms with Crippen LogP contribution in [-0.2, 0) is 29.8 Å². The molecule has 1 unspecified atom stereocenters. The summed E-state index contributed by atoms with van der Waals surface area (Å²) in [5.41, 5.74) is 0.756. The molecule has 2 aromatic carbocycles. The van der Waals surface area contributed by atoms with Crippen molar-refractivity contribution < 1.29 is 35.5 Å². The molecule has 0 fully saturated rings. The lowest BCUT2D eigenvalue weighted by atomic mass is 9.89. The van der Waals surface area contributed by atoms with E-state index in [0.717, 1.165) is 12.1 Å². The number of hydrogen-bond donors (Lipinski definition) is 2. The van der Waals surface area contributed by atoms with E-state index in [1.165, 1.54) is 42.5 Å². The lowest BCUT2D eigenvalue weighted by molar-refractivity contribution is 0.477. The van der Waals surface area contributed by atoms with Gasteiger partial charge in [-0.25, -0.2) is 9.59 Å². The van der Waals surface area contributed by atoms with Gasteiger partial charge in [0.1, 0.15) is 4.90 Å². The molecule has 0 aromatic heterocycles. The Kier molecular flexibility index (Phi) is 6.93. The van der Waals surface area contributed by atoms with Gasteiger partial charge in [0.05, 0.1) is 17.1 Å². The van der Waals surface area contributed by atoms with E-state index in [9.17, 15) is 31.0 Å². The minimum Gasteiger partial charge on any atom is -0.286 e. The Morgan fingerprint density at radius 2 is 1.45 bits per heavy atom. The van der Waals surface area contributed by atoms with E-state index in [4.69, 9.17) is 4.55 Å². The van der Waals surface area contributed by atoms with E-state index >= 15 is 0 Å². The summed E-state index contributed by atoms with van der Waals surface area (Å²) < 4.78 is 64.2. The first-order valence-electron chi connectivity index (χ1n) is 7.87. The van der Waals surface area contributed by atoms with Crippen molar-refractivity contribution in [3.05, 3.63) is 53.6 Å². The van der Waals surface area contributed by atoms with Crippen LogP contribution in [0, 0.1) is 0 Å². The summed E-state index contributed by atoms with van der Waals surface area (Å²) in [5.74, 6) is -1.34. The Morgan fingerprint density at radius 3 is 1.97 bits per heavy atom. The monoisotopic (exact) mass is 438 g/mol. The van der Waals surface area contributed by atoms with Crippen molar-refractivity contribution in [3.8, 4) is 0 Å². The van der Waals surface area contributed by atoms with Crippen molar-refractivity contribution in [2.75, 3.05) is 5.75 Å². The van der Waals surface area contributed by atoms with E-state index in [1.807, 2.05) is 0 Å². The van der Waals surface area contributed by atoms with Gasteiger partial charge in [-0.2, -0.15) is 26.8 Å². The van der Waals surface area contributed by atoms with E-state index in [0.29, 0.717) is 11.3 Å². The molecule has 0 heterocycles. The van der Waals surface area contributed by atoms with Crippen LogP contribution in [0.5, 0.6) is 0 Å². The molecule has 152 valence electrons. The van der Waals surface area contributed by atoms with Crippen LogP contribution in [-0.4, -0.2) is 43.9 Å². The highest BCUT2D eigenvalue weighted by atomic mass is 32.2. The summed E-state index contributed by atoms with van der Waals surface area (Å²) in [7, 11) is -9.06. The summed E-state index contributed by atoms with van der Waals surface area (Å²) in [6.45, 7) is 0. The van der Waals surface area contributed by atoms with Crippen molar-refractivity contribution in [2.24, 2.45) is 9.98 Å². The highest BCUT2D eigenvalue weighted by Crippen LogP contribution is 2.34. The molecule has 1 atom stereocenters. The van der Waals surface area contributed by atoms with Crippen molar-refractivity contribution in [3.63, 3.8) is 0 Å². The van der Waals surface area contributed by atoms with Gasteiger partial charge in [-0.05, 0) is 41.8 Å². The number of rotatable bonds is 8. The van der Waals surface area contributed by atoms with Crippen LogP contribution in [0.2, 0.25) is 0 Å². The van der Waals surface area contributed by atoms with Gasteiger partial charge in [0.25, 0.3) is 20.2 Å². The lowest BCUT2D eigenvalue weighted by Crippen LogP contribution is -2.11. The third kappa shape index (κ3) is 6.26. The first kappa shape index (κ1) is 22.3. The lowest BCUT2D eigenvalue weighted by Gasteiger charge is -2.18. The van der Waals surface area contributed by atoms with Gasteiger partial charge in [-0.1, -0.05) is 18.2 Å². The predicted molar refractivity (Wildman–Crippen MR) is 101 cm³/mol. The third-order valence-corrected chi connectivity index (χ3v) is 5.60. The van der Waals surface area contributed by atoms with Crippen molar-refractivity contribution in [1.82, 2.24) is 0 Å². The zero-order valence-corrected chi connectivity index (χ0v) is 16.2. The molecule has 0 saturated heterocycles. The zero-order chi connectivity index (χ0) is 21.7. The van der Waals surface area contributed by atoms with Crippen LogP contribution in [0.25, 0.3) is 0 Å². The second-order valence-corrected chi connectivity index (χ2v) is 8.79. The maximum absolute atomic E-state index is 11.7. The molecule has 12 heteroatoms. The average molecular weight is 438 g/mol. The van der Waals surface area contributed by atoms with Crippen molar-refractivity contribution in [2.45, 2.75) is 17.2 Å². The molecule has 29 heavy (non-hydrogen) atoms. The maximum atomic E-state index is 11.7. The van der Waals surface area contributed by atoms with Gasteiger partial charge >= 0.3 is 0 Å². The second-order valence-electron chi connectivity index (χ2n) is 5.83. The second kappa shape index (κ2) is 9.01. The highest BCUT2D eigenvalue weighted by Gasteiger charge is 2.22. The molecule has 2 aromatic rings. The fraction of sp³-hybridized carbons (Fsp3) is 0.176. The quantitative estimate of drug-likeness (QED) is 0.359. The van der Waals surface area contributed by atoms with E-state index in [2.05, 4.69) is 9.98 Å². The predicted octanol–water partition coefficient (Wildman–Crippen LogP) is 2.28. The largest absolute Gasteiger partial charge is 0.296 e. The van der Waals surface area contributed by atoms with Crippen LogP contribution in [0.15, 0.2) is 57.3 Å². The normalized spacial score (nSPS) is 12.5. The first-order chi connectivity index (χ1) is 13.5. The maximum Gasteiger partial charge on any atom is 0.296 e. The molecule has 0 saturated carbocycles. The zero-order valence-electron chi connectivity index (χ0n) is 14.6. The number of isocyanates is 2. The minimum atomic E-state index is -4.75. The molecule has 0 aliphatic rings. The Morgan fingerprint density at radius 1 is 0.862 bits per heavy atom. The minimum absolute atomic E-state index is 0.129. The van der Waals surface area contributed by atoms with Gasteiger partial charge < -0.3 is 0 Å². The van der Waals surface area contributed by atoms with E-state index in [1.54, 1.807) is 0 Å².